The van der Waals surface area contributed by atoms with E-state index in [9.17, 15) is 13.2 Å². The third-order valence-electron chi connectivity index (χ3n) is 3.61. The molecule has 2 rings (SSSR count). The molecular formula is C13H17F3N2. The second-order valence-corrected chi connectivity index (χ2v) is 4.88. The van der Waals surface area contributed by atoms with Gasteiger partial charge in [0.2, 0.25) is 0 Å². The van der Waals surface area contributed by atoms with E-state index in [2.05, 4.69) is 5.43 Å². The van der Waals surface area contributed by atoms with Gasteiger partial charge < -0.3 is 0 Å². The van der Waals surface area contributed by atoms with Crippen molar-refractivity contribution in [1.82, 2.24) is 5.43 Å². The van der Waals surface area contributed by atoms with Crippen molar-refractivity contribution in [3.63, 3.8) is 0 Å². The molecule has 1 atom stereocenters. The molecule has 1 aliphatic rings. The number of benzene rings is 1. The highest BCUT2D eigenvalue weighted by Gasteiger charge is 2.31. The van der Waals surface area contributed by atoms with Crippen LogP contribution < -0.4 is 11.3 Å². The molecule has 1 aliphatic carbocycles. The molecule has 0 aliphatic heterocycles. The number of nitrogens with two attached hydrogens (primary N) is 1. The zero-order valence-electron chi connectivity index (χ0n) is 10.0. The Hall–Kier alpha value is -1.07. The van der Waals surface area contributed by atoms with Gasteiger partial charge in [-0.05, 0) is 30.0 Å². The SMILES string of the molecule is NNC(CC1CCC1)c1cccc(C(F)(F)F)c1. The van der Waals surface area contributed by atoms with Crippen molar-refractivity contribution in [2.45, 2.75) is 37.9 Å². The summed E-state index contributed by atoms with van der Waals surface area (Å²) in [5.74, 6) is 6.04. The molecule has 1 aromatic rings. The van der Waals surface area contributed by atoms with Crippen LogP contribution in [0.2, 0.25) is 0 Å². The van der Waals surface area contributed by atoms with E-state index in [1.165, 1.54) is 18.6 Å². The maximum atomic E-state index is 12.6. The third-order valence-corrected chi connectivity index (χ3v) is 3.61. The van der Waals surface area contributed by atoms with E-state index in [0.29, 0.717) is 11.5 Å². The number of alkyl halides is 3. The van der Waals surface area contributed by atoms with Crippen LogP contribution >= 0.6 is 0 Å². The normalized spacial score (nSPS) is 18.4. The summed E-state index contributed by atoms with van der Waals surface area (Å²) in [6.45, 7) is 0. The van der Waals surface area contributed by atoms with Gasteiger partial charge in [0.15, 0.2) is 0 Å². The van der Waals surface area contributed by atoms with Crippen LogP contribution in [-0.4, -0.2) is 0 Å². The fraction of sp³-hybridized carbons (Fsp3) is 0.538. The minimum atomic E-state index is -4.30. The molecule has 3 N–H and O–H groups in total. The summed E-state index contributed by atoms with van der Waals surface area (Å²) in [7, 11) is 0. The average molecular weight is 258 g/mol. The largest absolute Gasteiger partial charge is 0.416 e. The van der Waals surface area contributed by atoms with Gasteiger partial charge >= 0.3 is 6.18 Å². The maximum absolute atomic E-state index is 12.6. The monoisotopic (exact) mass is 258 g/mol. The number of hydrazine groups is 1. The van der Waals surface area contributed by atoms with Crippen LogP contribution in [0.25, 0.3) is 0 Å². The molecule has 5 heteroatoms. The van der Waals surface area contributed by atoms with Crippen molar-refractivity contribution in [3.05, 3.63) is 35.4 Å². The lowest BCUT2D eigenvalue weighted by molar-refractivity contribution is -0.137. The van der Waals surface area contributed by atoms with Crippen LogP contribution in [0.4, 0.5) is 13.2 Å². The standard InChI is InChI=1S/C13H17F3N2/c14-13(15,16)11-6-2-5-10(8-11)12(18-17)7-9-3-1-4-9/h2,5-6,8-9,12,18H,1,3-4,7,17H2. The van der Waals surface area contributed by atoms with Crippen LogP contribution in [0.3, 0.4) is 0 Å². The Morgan fingerprint density at radius 2 is 2.06 bits per heavy atom. The molecule has 0 heterocycles. The fourth-order valence-electron chi connectivity index (χ4n) is 2.29. The number of halogens is 3. The molecule has 18 heavy (non-hydrogen) atoms. The zero-order chi connectivity index (χ0) is 13.2. The molecule has 1 fully saturated rings. The zero-order valence-corrected chi connectivity index (χ0v) is 10.0. The van der Waals surface area contributed by atoms with Crippen molar-refractivity contribution in [1.29, 1.82) is 0 Å². The van der Waals surface area contributed by atoms with E-state index in [1.807, 2.05) is 0 Å². The molecule has 1 aromatic carbocycles. The van der Waals surface area contributed by atoms with Gasteiger partial charge in [0.1, 0.15) is 0 Å². The highest BCUT2D eigenvalue weighted by molar-refractivity contribution is 5.28. The first kappa shape index (κ1) is 13.4. The van der Waals surface area contributed by atoms with E-state index >= 15 is 0 Å². The van der Waals surface area contributed by atoms with E-state index in [-0.39, 0.29) is 6.04 Å². The lowest BCUT2D eigenvalue weighted by Crippen LogP contribution is -2.31. The molecule has 0 spiro atoms. The summed E-state index contributed by atoms with van der Waals surface area (Å²) in [5, 5.41) is 0. The molecule has 1 unspecified atom stereocenters. The van der Waals surface area contributed by atoms with Gasteiger partial charge in [0.25, 0.3) is 0 Å². The van der Waals surface area contributed by atoms with Crippen molar-refractivity contribution in [3.8, 4) is 0 Å². The second-order valence-electron chi connectivity index (χ2n) is 4.88. The number of hydrogen-bond donors (Lipinski definition) is 2. The predicted molar refractivity (Wildman–Crippen MR) is 63.5 cm³/mol. The Labute approximate surface area is 104 Å². The number of nitrogens with one attached hydrogen (secondary N) is 1. The first-order valence-electron chi connectivity index (χ1n) is 6.14. The van der Waals surface area contributed by atoms with Crippen molar-refractivity contribution in [2.75, 3.05) is 0 Å². The predicted octanol–water partition coefficient (Wildman–Crippen LogP) is 3.40. The lowest BCUT2D eigenvalue weighted by atomic mass is 9.79. The van der Waals surface area contributed by atoms with Gasteiger partial charge in [-0.15, -0.1) is 0 Å². The van der Waals surface area contributed by atoms with Gasteiger partial charge in [0.05, 0.1) is 5.56 Å². The number of rotatable bonds is 4. The average Bonchev–Trinajstić information content (AvgIpc) is 2.27. The topological polar surface area (TPSA) is 38.0 Å². The van der Waals surface area contributed by atoms with Crippen LogP contribution in [0, 0.1) is 5.92 Å². The van der Waals surface area contributed by atoms with Crippen LogP contribution in [0.15, 0.2) is 24.3 Å². The Balaban J connectivity index is 2.14. The van der Waals surface area contributed by atoms with Crippen LogP contribution in [0.1, 0.15) is 42.9 Å². The highest BCUT2D eigenvalue weighted by atomic mass is 19.4. The van der Waals surface area contributed by atoms with Gasteiger partial charge in [-0.2, -0.15) is 13.2 Å². The summed E-state index contributed by atoms with van der Waals surface area (Å²) >= 11 is 0. The fourth-order valence-corrected chi connectivity index (χ4v) is 2.29. The van der Waals surface area contributed by atoms with Gasteiger partial charge in [-0.1, -0.05) is 31.4 Å². The summed E-state index contributed by atoms with van der Waals surface area (Å²) < 4.78 is 37.9. The van der Waals surface area contributed by atoms with E-state index in [4.69, 9.17) is 5.84 Å². The minimum Gasteiger partial charge on any atom is -0.271 e. The molecule has 0 bridgehead atoms. The molecule has 0 aromatic heterocycles. The van der Waals surface area contributed by atoms with E-state index in [0.717, 1.165) is 25.3 Å². The minimum absolute atomic E-state index is 0.197. The Morgan fingerprint density at radius 3 is 2.56 bits per heavy atom. The van der Waals surface area contributed by atoms with E-state index in [1.54, 1.807) is 6.07 Å². The molecule has 1 saturated carbocycles. The van der Waals surface area contributed by atoms with Gasteiger partial charge in [-0.3, -0.25) is 11.3 Å². The number of hydrogen-bond acceptors (Lipinski definition) is 2. The second kappa shape index (κ2) is 5.28. The van der Waals surface area contributed by atoms with Crippen molar-refractivity contribution >= 4 is 0 Å². The molecular weight excluding hydrogens is 241 g/mol. The Morgan fingerprint density at radius 1 is 1.33 bits per heavy atom. The maximum Gasteiger partial charge on any atom is 0.416 e. The Kier molecular flexibility index (Phi) is 3.92. The van der Waals surface area contributed by atoms with Gasteiger partial charge in [0, 0.05) is 6.04 Å². The first-order chi connectivity index (χ1) is 8.50. The van der Waals surface area contributed by atoms with Crippen LogP contribution in [0.5, 0.6) is 0 Å². The summed E-state index contributed by atoms with van der Waals surface area (Å²) in [5.41, 5.74) is 2.62. The third kappa shape index (κ3) is 3.03. The first-order valence-corrected chi connectivity index (χ1v) is 6.14. The summed E-state index contributed by atoms with van der Waals surface area (Å²) in [6, 6.07) is 5.20. The van der Waals surface area contributed by atoms with E-state index < -0.39 is 11.7 Å². The van der Waals surface area contributed by atoms with Crippen LogP contribution in [-0.2, 0) is 6.18 Å². The molecule has 2 nitrogen and oxygen atoms in total. The molecule has 100 valence electrons. The van der Waals surface area contributed by atoms with Gasteiger partial charge in [-0.25, -0.2) is 0 Å². The summed E-state index contributed by atoms with van der Waals surface area (Å²) in [4.78, 5) is 0. The Bertz CT molecular complexity index is 399. The lowest BCUT2D eigenvalue weighted by Gasteiger charge is -2.29. The molecule has 0 amide bonds. The smallest absolute Gasteiger partial charge is 0.271 e. The highest BCUT2D eigenvalue weighted by Crippen LogP contribution is 2.36. The molecule has 0 radical (unpaired) electrons. The van der Waals surface area contributed by atoms with Crippen molar-refractivity contribution < 1.29 is 13.2 Å². The van der Waals surface area contributed by atoms with Crippen molar-refractivity contribution in [2.24, 2.45) is 11.8 Å². The molecule has 0 saturated heterocycles. The summed E-state index contributed by atoms with van der Waals surface area (Å²) in [6.07, 6.45) is 0.0161. The quantitative estimate of drug-likeness (QED) is 0.641.